The minimum Gasteiger partial charge on any atom is -0.337 e. The van der Waals surface area contributed by atoms with Crippen LogP contribution in [-0.2, 0) is 0 Å². The summed E-state index contributed by atoms with van der Waals surface area (Å²) in [7, 11) is 0. The van der Waals surface area contributed by atoms with Crippen LogP contribution < -0.4 is 5.32 Å². The van der Waals surface area contributed by atoms with E-state index in [4.69, 9.17) is 23.2 Å². The summed E-state index contributed by atoms with van der Waals surface area (Å²) in [4.78, 5) is 23.4. The van der Waals surface area contributed by atoms with Gasteiger partial charge in [0.1, 0.15) is 5.69 Å². The Hall–Kier alpha value is -1.85. The van der Waals surface area contributed by atoms with Gasteiger partial charge >= 0.3 is 0 Å². The average molecular weight is 379 g/mol. The molecule has 1 aliphatic rings. The maximum absolute atomic E-state index is 12.8. The van der Waals surface area contributed by atoms with Gasteiger partial charge in [0.25, 0.3) is 5.91 Å². The molecule has 5 nitrogen and oxygen atoms in total. The van der Waals surface area contributed by atoms with E-state index < -0.39 is 0 Å². The number of carbonyl (C=O) groups excluding carboxylic acids is 1. The third kappa shape index (κ3) is 4.41. The number of rotatable bonds is 3. The summed E-state index contributed by atoms with van der Waals surface area (Å²) in [5, 5.41) is 4.08. The number of benzene rings is 1. The predicted molar refractivity (Wildman–Crippen MR) is 101 cm³/mol. The summed E-state index contributed by atoms with van der Waals surface area (Å²) >= 11 is 12.1. The van der Waals surface area contributed by atoms with Gasteiger partial charge in [0, 0.05) is 23.8 Å². The second kappa shape index (κ2) is 7.58. The van der Waals surface area contributed by atoms with Gasteiger partial charge in [0.05, 0.1) is 10.7 Å². The van der Waals surface area contributed by atoms with Crippen molar-refractivity contribution in [3.63, 3.8) is 0 Å². The number of hydrogen-bond donors (Lipinski definition) is 1. The Balaban J connectivity index is 1.83. The van der Waals surface area contributed by atoms with E-state index >= 15 is 0 Å². The molecule has 1 unspecified atom stereocenters. The van der Waals surface area contributed by atoms with Crippen LogP contribution in [0, 0.1) is 12.8 Å². The molecule has 1 aromatic carbocycles. The number of carbonyl (C=O) groups is 1. The number of piperidine rings is 1. The first-order valence-corrected chi connectivity index (χ1v) is 9.05. The predicted octanol–water partition coefficient (Wildman–Crippen LogP) is 4.71. The Morgan fingerprint density at radius 3 is 2.80 bits per heavy atom. The fraction of sp³-hybridized carbons (Fsp3) is 0.389. The molecule has 1 aliphatic heterocycles. The van der Waals surface area contributed by atoms with Crippen LogP contribution in [0.25, 0.3) is 0 Å². The van der Waals surface area contributed by atoms with Crippen molar-refractivity contribution in [2.75, 3.05) is 18.4 Å². The molecule has 1 amide bonds. The first-order valence-electron chi connectivity index (χ1n) is 8.29. The van der Waals surface area contributed by atoms with Crippen LogP contribution in [0.3, 0.4) is 0 Å². The second-order valence-electron chi connectivity index (χ2n) is 6.47. The molecule has 2 aromatic rings. The van der Waals surface area contributed by atoms with Gasteiger partial charge in [-0.25, -0.2) is 9.97 Å². The van der Waals surface area contributed by atoms with Gasteiger partial charge in [0.15, 0.2) is 0 Å². The molecule has 0 spiro atoms. The highest BCUT2D eigenvalue weighted by Crippen LogP contribution is 2.27. The van der Waals surface area contributed by atoms with E-state index in [1.807, 2.05) is 11.8 Å². The van der Waals surface area contributed by atoms with Crippen LogP contribution in [0.15, 0.2) is 24.3 Å². The molecular weight excluding hydrogens is 359 g/mol. The Morgan fingerprint density at radius 1 is 1.28 bits per heavy atom. The standard InChI is InChI=1S/C18H20Cl2N4O/c1-11-4-3-7-24(10-11)17(25)16-8-12(2)21-18(23-16)22-15-6-5-13(19)9-14(15)20/h5-6,8-9,11H,3-4,7,10H2,1-2H3,(H,21,22,23). The molecule has 2 heterocycles. The first-order chi connectivity index (χ1) is 11.9. The molecule has 1 aromatic heterocycles. The maximum Gasteiger partial charge on any atom is 0.272 e. The molecule has 0 radical (unpaired) electrons. The molecule has 25 heavy (non-hydrogen) atoms. The van der Waals surface area contributed by atoms with Crippen LogP contribution in [0.2, 0.25) is 10.0 Å². The summed E-state index contributed by atoms with van der Waals surface area (Å²) in [5.41, 5.74) is 1.76. The average Bonchev–Trinajstić information content (AvgIpc) is 2.56. The van der Waals surface area contributed by atoms with Crippen molar-refractivity contribution in [3.05, 3.63) is 45.7 Å². The van der Waals surface area contributed by atoms with E-state index in [-0.39, 0.29) is 5.91 Å². The van der Waals surface area contributed by atoms with Gasteiger partial charge in [-0.15, -0.1) is 0 Å². The minimum absolute atomic E-state index is 0.0534. The fourth-order valence-electron chi connectivity index (χ4n) is 2.98. The molecule has 0 bridgehead atoms. The van der Waals surface area contributed by atoms with Crippen LogP contribution >= 0.6 is 23.2 Å². The Kier molecular flexibility index (Phi) is 5.45. The van der Waals surface area contributed by atoms with Gasteiger partial charge in [-0.2, -0.15) is 0 Å². The first kappa shape index (κ1) is 18.0. The normalized spacial score (nSPS) is 17.4. The lowest BCUT2D eigenvalue weighted by atomic mass is 10.00. The molecule has 3 rings (SSSR count). The van der Waals surface area contributed by atoms with Crippen molar-refractivity contribution in [1.29, 1.82) is 0 Å². The number of hydrogen-bond acceptors (Lipinski definition) is 4. The highest BCUT2D eigenvalue weighted by molar-refractivity contribution is 6.36. The van der Waals surface area contributed by atoms with Gasteiger partial charge < -0.3 is 10.2 Å². The van der Waals surface area contributed by atoms with Crippen LogP contribution in [0.4, 0.5) is 11.6 Å². The minimum atomic E-state index is -0.0534. The number of anilines is 2. The van der Waals surface area contributed by atoms with Gasteiger partial charge in [-0.1, -0.05) is 30.1 Å². The number of halogens is 2. The molecule has 1 fully saturated rings. The third-order valence-electron chi connectivity index (χ3n) is 4.20. The van der Waals surface area contributed by atoms with Gasteiger partial charge in [0.2, 0.25) is 5.95 Å². The second-order valence-corrected chi connectivity index (χ2v) is 7.31. The largest absolute Gasteiger partial charge is 0.337 e. The summed E-state index contributed by atoms with van der Waals surface area (Å²) in [6, 6.07) is 6.84. The molecule has 132 valence electrons. The maximum atomic E-state index is 12.8. The van der Waals surface area contributed by atoms with Crippen molar-refractivity contribution in [3.8, 4) is 0 Å². The molecule has 1 N–H and O–H groups in total. The Morgan fingerprint density at radius 2 is 2.08 bits per heavy atom. The van der Waals surface area contributed by atoms with Crippen molar-refractivity contribution in [1.82, 2.24) is 14.9 Å². The van der Waals surface area contributed by atoms with E-state index in [0.717, 1.165) is 31.6 Å². The number of aromatic nitrogens is 2. The Labute approximate surface area is 157 Å². The van der Waals surface area contributed by atoms with E-state index in [1.165, 1.54) is 0 Å². The molecule has 0 saturated carbocycles. The number of amides is 1. The lowest BCUT2D eigenvalue weighted by molar-refractivity contribution is 0.0677. The molecule has 0 aliphatic carbocycles. The van der Waals surface area contributed by atoms with E-state index in [9.17, 15) is 4.79 Å². The highest BCUT2D eigenvalue weighted by atomic mass is 35.5. The summed E-state index contributed by atoms with van der Waals surface area (Å²) < 4.78 is 0. The van der Waals surface area contributed by atoms with E-state index in [2.05, 4.69) is 22.2 Å². The van der Waals surface area contributed by atoms with Crippen LogP contribution in [-0.4, -0.2) is 33.9 Å². The number of nitrogens with one attached hydrogen (secondary N) is 1. The monoisotopic (exact) mass is 378 g/mol. The van der Waals surface area contributed by atoms with Crippen molar-refractivity contribution < 1.29 is 4.79 Å². The van der Waals surface area contributed by atoms with Crippen molar-refractivity contribution >= 4 is 40.7 Å². The third-order valence-corrected chi connectivity index (χ3v) is 4.74. The molecule has 1 saturated heterocycles. The van der Waals surface area contributed by atoms with Crippen LogP contribution in [0.5, 0.6) is 0 Å². The number of likely N-dealkylation sites (tertiary alicyclic amines) is 1. The summed E-state index contributed by atoms with van der Waals surface area (Å²) in [6.45, 7) is 5.55. The molecular formula is C18H20Cl2N4O. The zero-order valence-corrected chi connectivity index (χ0v) is 15.7. The van der Waals surface area contributed by atoms with Crippen molar-refractivity contribution in [2.24, 2.45) is 5.92 Å². The number of nitrogens with zero attached hydrogens (tertiary/aromatic N) is 3. The lowest BCUT2D eigenvalue weighted by Gasteiger charge is -2.30. The van der Waals surface area contributed by atoms with E-state index in [1.54, 1.807) is 24.3 Å². The lowest BCUT2D eigenvalue weighted by Crippen LogP contribution is -2.39. The zero-order valence-electron chi connectivity index (χ0n) is 14.2. The smallest absolute Gasteiger partial charge is 0.272 e. The molecule has 1 atom stereocenters. The van der Waals surface area contributed by atoms with E-state index in [0.29, 0.717) is 33.3 Å². The van der Waals surface area contributed by atoms with Gasteiger partial charge in [-0.05, 0) is 49.9 Å². The van der Waals surface area contributed by atoms with Crippen molar-refractivity contribution in [2.45, 2.75) is 26.7 Å². The zero-order chi connectivity index (χ0) is 18.0. The number of aryl methyl sites for hydroxylation is 1. The topological polar surface area (TPSA) is 58.1 Å². The van der Waals surface area contributed by atoms with Crippen LogP contribution in [0.1, 0.15) is 35.9 Å². The quantitative estimate of drug-likeness (QED) is 0.839. The SMILES string of the molecule is Cc1cc(C(=O)N2CCCC(C)C2)nc(Nc2ccc(Cl)cc2Cl)n1. The highest BCUT2D eigenvalue weighted by Gasteiger charge is 2.23. The summed E-state index contributed by atoms with van der Waals surface area (Å²) in [6.07, 6.45) is 2.19. The fourth-order valence-corrected chi connectivity index (χ4v) is 3.44. The summed E-state index contributed by atoms with van der Waals surface area (Å²) in [5.74, 6) is 0.811. The Bertz CT molecular complexity index is 797. The molecule has 7 heteroatoms. The van der Waals surface area contributed by atoms with Gasteiger partial charge in [-0.3, -0.25) is 4.79 Å².